The first-order valence-corrected chi connectivity index (χ1v) is 5.67. The number of nitro benzene ring substituents is 1. The Morgan fingerprint density at radius 2 is 2.33 bits per heavy atom. The fraction of sp³-hybridized carbons (Fsp3) is 0.500. The third-order valence-corrected chi connectivity index (χ3v) is 3.38. The second kappa shape index (κ2) is 3.66. The lowest BCUT2D eigenvalue weighted by Crippen LogP contribution is -2.45. The number of epoxide rings is 1. The molecule has 1 aromatic rings. The van der Waals surface area contributed by atoms with Gasteiger partial charge < -0.3 is 14.2 Å². The Kier molecular flexibility index (Phi) is 2.33. The van der Waals surface area contributed by atoms with Gasteiger partial charge in [-0.25, -0.2) is 0 Å². The van der Waals surface area contributed by atoms with Crippen molar-refractivity contribution in [3.05, 3.63) is 33.9 Å². The molecule has 0 bridgehead atoms. The van der Waals surface area contributed by atoms with Crippen molar-refractivity contribution in [3.8, 4) is 5.75 Å². The van der Waals surface area contributed by atoms with Crippen LogP contribution < -0.4 is 4.74 Å². The van der Waals surface area contributed by atoms with E-state index < -0.39 is 10.5 Å². The van der Waals surface area contributed by atoms with Gasteiger partial charge in [0, 0.05) is 24.8 Å². The summed E-state index contributed by atoms with van der Waals surface area (Å²) in [5, 5.41) is 10.7. The Balaban J connectivity index is 1.97. The Labute approximate surface area is 104 Å². The van der Waals surface area contributed by atoms with Gasteiger partial charge in [-0.05, 0) is 13.0 Å². The third-order valence-electron chi connectivity index (χ3n) is 3.38. The third kappa shape index (κ3) is 1.57. The molecule has 0 aliphatic carbocycles. The average molecular weight is 251 g/mol. The summed E-state index contributed by atoms with van der Waals surface area (Å²) in [5.41, 5.74) is 0.285. The highest BCUT2D eigenvalue weighted by molar-refractivity contribution is 5.49. The van der Waals surface area contributed by atoms with Crippen LogP contribution in [0.3, 0.4) is 0 Å². The topological polar surface area (TPSA) is 74.1 Å². The Morgan fingerprint density at radius 1 is 1.56 bits per heavy atom. The van der Waals surface area contributed by atoms with Crippen LogP contribution in [0.5, 0.6) is 5.75 Å². The van der Waals surface area contributed by atoms with Gasteiger partial charge in [-0.3, -0.25) is 10.1 Å². The number of methoxy groups -OCH3 is 1. The number of hydrogen-bond acceptors (Lipinski definition) is 5. The van der Waals surface area contributed by atoms with Crippen molar-refractivity contribution >= 4 is 5.69 Å². The van der Waals surface area contributed by atoms with Crippen LogP contribution in [0.15, 0.2) is 18.2 Å². The highest BCUT2D eigenvalue weighted by atomic mass is 16.6. The van der Waals surface area contributed by atoms with Crippen molar-refractivity contribution in [3.63, 3.8) is 0 Å². The molecule has 2 heterocycles. The zero-order valence-electron chi connectivity index (χ0n) is 10.1. The van der Waals surface area contributed by atoms with E-state index in [-0.39, 0.29) is 17.9 Å². The molecule has 0 aromatic heterocycles. The van der Waals surface area contributed by atoms with Crippen molar-refractivity contribution in [2.45, 2.75) is 24.7 Å². The molecule has 0 radical (unpaired) electrons. The lowest BCUT2D eigenvalue weighted by Gasteiger charge is -2.32. The van der Waals surface area contributed by atoms with E-state index in [9.17, 15) is 10.1 Å². The molecule has 18 heavy (non-hydrogen) atoms. The number of benzene rings is 1. The summed E-state index contributed by atoms with van der Waals surface area (Å²) in [7, 11) is 1.61. The Morgan fingerprint density at radius 3 is 3.00 bits per heavy atom. The predicted molar refractivity (Wildman–Crippen MR) is 61.6 cm³/mol. The minimum absolute atomic E-state index is 0.0574. The predicted octanol–water partition coefficient (Wildman–Crippen LogP) is 1.83. The molecular weight excluding hydrogens is 238 g/mol. The van der Waals surface area contributed by atoms with Crippen molar-refractivity contribution in [1.82, 2.24) is 0 Å². The van der Waals surface area contributed by atoms with Gasteiger partial charge >= 0.3 is 0 Å². The molecule has 2 aliphatic heterocycles. The molecular formula is C12H13NO5. The molecule has 96 valence electrons. The maximum atomic E-state index is 10.7. The van der Waals surface area contributed by atoms with E-state index in [1.807, 2.05) is 6.92 Å². The summed E-state index contributed by atoms with van der Waals surface area (Å²) in [6.45, 7) is 2.34. The second-order valence-corrected chi connectivity index (χ2v) is 4.80. The van der Waals surface area contributed by atoms with E-state index in [4.69, 9.17) is 14.2 Å². The fourth-order valence-corrected chi connectivity index (χ4v) is 2.49. The van der Waals surface area contributed by atoms with Crippen LogP contribution >= 0.6 is 0 Å². The Hall–Kier alpha value is -1.66. The molecule has 3 atom stereocenters. The lowest BCUT2D eigenvalue weighted by molar-refractivity contribution is -0.385. The first kappa shape index (κ1) is 11.4. The summed E-state index contributed by atoms with van der Waals surface area (Å²) in [5.74, 6) is 0.638. The second-order valence-electron chi connectivity index (χ2n) is 4.80. The summed E-state index contributed by atoms with van der Waals surface area (Å²) in [4.78, 5) is 10.3. The number of hydrogen-bond donors (Lipinski definition) is 0. The summed E-state index contributed by atoms with van der Waals surface area (Å²) in [6, 6.07) is 4.58. The first-order valence-electron chi connectivity index (χ1n) is 5.67. The SMILES string of the molecule is COCC1(C)Oc2ccc([N+](=O)[O-])cc2C2OC21. The zero-order chi connectivity index (χ0) is 12.9. The molecule has 1 saturated heterocycles. The van der Waals surface area contributed by atoms with Crippen LogP contribution in [0.4, 0.5) is 5.69 Å². The van der Waals surface area contributed by atoms with Crippen LogP contribution in [-0.2, 0) is 9.47 Å². The van der Waals surface area contributed by atoms with Gasteiger partial charge in [-0.2, -0.15) is 0 Å². The van der Waals surface area contributed by atoms with Gasteiger partial charge in [0.05, 0.1) is 11.5 Å². The number of nitro groups is 1. The van der Waals surface area contributed by atoms with Gasteiger partial charge in [-0.1, -0.05) is 0 Å². The zero-order valence-corrected chi connectivity index (χ0v) is 10.1. The van der Waals surface area contributed by atoms with Crippen LogP contribution in [-0.4, -0.2) is 30.3 Å². The summed E-state index contributed by atoms with van der Waals surface area (Å²) >= 11 is 0. The summed E-state index contributed by atoms with van der Waals surface area (Å²) in [6.07, 6.45) is -0.208. The van der Waals surface area contributed by atoms with Gasteiger partial charge in [0.15, 0.2) is 5.60 Å². The highest BCUT2D eigenvalue weighted by Gasteiger charge is 2.59. The van der Waals surface area contributed by atoms with E-state index >= 15 is 0 Å². The smallest absolute Gasteiger partial charge is 0.270 e. The largest absolute Gasteiger partial charge is 0.482 e. The molecule has 1 fully saturated rings. The molecule has 2 aliphatic rings. The molecule has 0 spiro atoms. The standard InChI is InChI=1S/C12H13NO5/c1-12(6-16-2)11-10(17-11)8-5-7(13(14)15)3-4-9(8)18-12/h3-5,10-11H,6H2,1-2H3. The number of fused-ring (bicyclic) bond motifs is 3. The molecule has 6 nitrogen and oxygen atoms in total. The first-order chi connectivity index (χ1) is 8.55. The number of ether oxygens (including phenoxy) is 3. The monoisotopic (exact) mass is 251 g/mol. The van der Waals surface area contributed by atoms with Gasteiger partial charge in [-0.15, -0.1) is 0 Å². The molecule has 6 heteroatoms. The van der Waals surface area contributed by atoms with Crippen molar-refractivity contribution in [2.24, 2.45) is 0 Å². The number of rotatable bonds is 3. The fourth-order valence-electron chi connectivity index (χ4n) is 2.49. The van der Waals surface area contributed by atoms with Crippen LogP contribution in [0.25, 0.3) is 0 Å². The van der Waals surface area contributed by atoms with E-state index in [2.05, 4.69) is 0 Å². The molecule has 0 N–H and O–H groups in total. The van der Waals surface area contributed by atoms with Crippen LogP contribution in [0.1, 0.15) is 18.6 Å². The minimum Gasteiger partial charge on any atom is -0.482 e. The highest BCUT2D eigenvalue weighted by Crippen LogP contribution is 2.54. The average Bonchev–Trinajstić information content (AvgIpc) is 3.10. The van der Waals surface area contributed by atoms with Gasteiger partial charge in [0.1, 0.15) is 18.0 Å². The van der Waals surface area contributed by atoms with E-state index in [0.29, 0.717) is 12.4 Å². The maximum absolute atomic E-state index is 10.7. The molecule has 3 rings (SSSR count). The Bertz CT molecular complexity index is 517. The normalized spacial score (nSPS) is 32.1. The summed E-state index contributed by atoms with van der Waals surface area (Å²) < 4.78 is 16.6. The van der Waals surface area contributed by atoms with Crippen LogP contribution in [0.2, 0.25) is 0 Å². The quantitative estimate of drug-likeness (QED) is 0.465. The van der Waals surface area contributed by atoms with Crippen molar-refractivity contribution in [1.29, 1.82) is 0 Å². The van der Waals surface area contributed by atoms with Gasteiger partial charge in [0.2, 0.25) is 0 Å². The van der Waals surface area contributed by atoms with E-state index in [0.717, 1.165) is 5.56 Å². The van der Waals surface area contributed by atoms with E-state index in [1.165, 1.54) is 12.1 Å². The molecule has 3 unspecified atom stereocenters. The van der Waals surface area contributed by atoms with Crippen molar-refractivity contribution < 1.29 is 19.1 Å². The number of non-ortho nitro benzene ring substituents is 1. The lowest BCUT2D eigenvalue weighted by atomic mass is 9.93. The molecule has 1 aromatic carbocycles. The van der Waals surface area contributed by atoms with Crippen molar-refractivity contribution in [2.75, 3.05) is 13.7 Å². The number of nitrogens with zero attached hydrogens (tertiary/aromatic N) is 1. The minimum atomic E-state index is -0.525. The van der Waals surface area contributed by atoms with E-state index in [1.54, 1.807) is 13.2 Å². The maximum Gasteiger partial charge on any atom is 0.270 e. The molecule has 0 saturated carbocycles. The van der Waals surface area contributed by atoms with Gasteiger partial charge in [0.25, 0.3) is 5.69 Å². The molecule has 0 amide bonds. The van der Waals surface area contributed by atoms with Crippen LogP contribution in [0, 0.1) is 10.1 Å².